The normalized spacial score (nSPS) is 35.4. The van der Waals surface area contributed by atoms with E-state index in [2.05, 4.69) is 5.32 Å². The third kappa shape index (κ3) is 2.76. The summed E-state index contributed by atoms with van der Waals surface area (Å²) in [7, 11) is 0. The molecule has 0 aromatic rings. The van der Waals surface area contributed by atoms with Crippen molar-refractivity contribution in [2.45, 2.75) is 44.6 Å². The Hall–Kier alpha value is -1.14. The summed E-state index contributed by atoms with van der Waals surface area (Å²) >= 11 is 0. The van der Waals surface area contributed by atoms with Crippen molar-refractivity contribution in [3.05, 3.63) is 0 Å². The van der Waals surface area contributed by atoms with Crippen molar-refractivity contribution in [1.29, 1.82) is 0 Å². The smallest absolute Gasteiger partial charge is 0.302 e. The van der Waals surface area contributed by atoms with E-state index in [4.69, 9.17) is 14.2 Å². The molecule has 96 valence electrons. The van der Waals surface area contributed by atoms with Gasteiger partial charge < -0.3 is 19.5 Å². The van der Waals surface area contributed by atoms with Gasteiger partial charge in [-0.05, 0) is 12.8 Å². The number of fused-ring (bicyclic) bond motifs is 2. The Morgan fingerprint density at radius 1 is 1.47 bits per heavy atom. The number of carbonyl (C=O) groups is 2. The molecule has 0 unspecified atom stereocenters. The summed E-state index contributed by atoms with van der Waals surface area (Å²) in [6.07, 6.45) is 1.05. The fourth-order valence-corrected chi connectivity index (χ4v) is 2.21. The van der Waals surface area contributed by atoms with E-state index in [0.29, 0.717) is 13.0 Å². The first-order valence-corrected chi connectivity index (χ1v) is 5.71. The topological polar surface area (TPSA) is 73.9 Å². The van der Waals surface area contributed by atoms with E-state index in [9.17, 15) is 9.59 Å². The fraction of sp³-hybridized carbons (Fsp3) is 0.818. The maximum Gasteiger partial charge on any atom is 0.302 e. The van der Waals surface area contributed by atoms with Crippen molar-refractivity contribution in [2.75, 3.05) is 13.2 Å². The lowest BCUT2D eigenvalue weighted by Gasteiger charge is -2.34. The fourth-order valence-electron chi connectivity index (χ4n) is 2.21. The Kier molecular flexibility index (Phi) is 3.35. The molecule has 17 heavy (non-hydrogen) atoms. The van der Waals surface area contributed by atoms with Gasteiger partial charge in [0.15, 0.2) is 6.29 Å². The zero-order valence-corrected chi connectivity index (χ0v) is 10.0. The summed E-state index contributed by atoms with van der Waals surface area (Å²) in [5.74, 6) is -0.419. The van der Waals surface area contributed by atoms with Crippen LogP contribution >= 0.6 is 0 Å². The van der Waals surface area contributed by atoms with Crippen LogP contribution in [0.3, 0.4) is 0 Å². The molecule has 0 aromatic carbocycles. The van der Waals surface area contributed by atoms with E-state index in [1.807, 2.05) is 0 Å². The molecule has 0 spiro atoms. The minimum Gasteiger partial charge on any atom is -0.463 e. The molecule has 3 atom stereocenters. The number of esters is 1. The van der Waals surface area contributed by atoms with Gasteiger partial charge in [0.25, 0.3) is 0 Å². The van der Waals surface area contributed by atoms with Gasteiger partial charge in [0.2, 0.25) is 5.91 Å². The van der Waals surface area contributed by atoms with Crippen LogP contribution in [0.4, 0.5) is 0 Å². The van der Waals surface area contributed by atoms with Gasteiger partial charge in [-0.2, -0.15) is 0 Å². The highest BCUT2D eigenvalue weighted by molar-refractivity contribution is 5.73. The lowest BCUT2D eigenvalue weighted by atomic mass is 9.94. The van der Waals surface area contributed by atoms with E-state index in [1.54, 1.807) is 0 Å². The number of hydrogen-bond acceptors (Lipinski definition) is 5. The molecule has 2 saturated heterocycles. The van der Waals surface area contributed by atoms with Crippen LogP contribution in [0.1, 0.15) is 26.7 Å². The first-order chi connectivity index (χ1) is 8.01. The molecular weight excluding hydrogens is 226 g/mol. The van der Waals surface area contributed by atoms with Crippen molar-refractivity contribution in [1.82, 2.24) is 5.32 Å². The first-order valence-electron chi connectivity index (χ1n) is 5.71. The summed E-state index contributed by atoms with van der Waals surface area (Å²) in [5.41, 5.74) is -0.523. The van der Waals surface area contributed by atoms with Crippen LogP contribution in [0, 0.1) is 0 Å². The molecule has 6 nitrogen and oxygen atoms in total. The van der Waals surface area contributed by atoms with Gasteiger partial charge in [-0.3, -0.25) is 9.59 Å². The predicted octanol–water partition coefficient (Wildman–Crippen LogP) is -0.0403. The molecule has 2 aliphatic heterocycles. The molecular formula is C11H17NO5. The lowest BCUT2D eigenvalue weighted by molar-refractivity contribution is -0.169. The Bertz CT molecular complexity index is 332. The van der Waals surface area contributed by atoms with Gasteiger partial charge in [-0.1, -0.05) is 0 Å². The van der Waals surface area contributed by atoms with Crippen LogP contribution in [0.15, 0.2) is 0 Å². The Balaban J connectivity index is 1.92. The van der Waals surface area contributed by atoms with Crippen LogP contribution in [0.25, 0.3) is 0 Å². The average molecular weight is 243 g/mol. The maximum absolute atomic E-state index is 11.0. The zero-order chi connectivity index (χ0) is 12.5. The van der Waals surface area contributed by atoms with Crippen LogP contribution < -0.4 is 5.32 Å². The Labute approximate surface area is 99.6 Å². The van der Waals surface area contributed by atoms with Crippen molar-refractivity contribution in [3.63, 3.8) is 0 Å². The molecule has 1 N–H and O–H groups in total. The van der Waals surface area contributed by atoms with Crippen LogP contribution in [0.5, 0.6) is 0 Å². The number of rotatable bonds is 3. The highest BCUT2D eigenvalue weighted by Gasteiger charge is 2.49. The van der Waals surface area contributed by atoms with Gasteiger partial charge >= 0.3 is 5.97 Å². The lowest BCUT2D eigenvalue weighted by Crippen LogP contribution is -2.50. The largest absolute Gasteiger partial charge is 0.463 e. The van der Waals surface area contributed by atoms with E-state index in [1.165, 1.54) is 13.8 Å². The van der Waals surface area contributed by atoms with Gasteiger partial charge in [-0.15, -0.1) is 0 Å². The number of hydrogen-bond donors (Lipinski definition) is 1. The second-order valence-corrected chi connectivity index (χ2v) is 4.61. The Morgan fingerprint density at radius 2 is 2.24 bits per heavy atom. The van der Waals surface area contributed by atoms with Crippen molar-refractivity contribution >= 4 is 11.9 Å². The van der Waals surface area contributed by atoms with Crippen molar-refractivity contribution in [2.24, 2.45) is 0 Å². The maximum atomic E-state index is 11.0. The molecule has 2 fully saturated rings. The summed E-state index contributed by atoms with van der Waals surface area (Å²) < 4.78 is 16.2. The van der Waals surface area contributed by atoms with Crippen molar-refractivity contribution in [3.8, 4) is 0 Å². The van der Waals surface area contributed by atoms with E-state index in [0.717, 1.165) is 6.42 Å². The van der Waals surface area contributed by atoms with Crippen LogP contribution in [-0.4, -0.2) is 43.0 Å². The third-order valence-electron chi connectivity index (χ3n) is 3.04. The molecule has 2 bridgehead atoms. The number of nitrogens with one attached hydrogen (secondary N) is 1. The van der Waals surface area contributed by atoms with Gasteiger partial charge in [0.05, 0.1) is 12.6 Å². The van der Waals surface area contributed by atoms with E-state index >= 15 is 0 Å². The second-order valence-electron chi connectivity index (χ2n) is 4.61. The molecule has 2 rings (SSSR count). The highest BCUT2D eigenvalue weighted by Crippen LogP contribution is 2.36. The van der Waals surface area contributed by atoms with Gasteiger partial charge in [0, 0.05) is 13.8 Å². The molecule has 0 radical (unpaired) electrons. The molecule has 2 aliphatic rings. The number of ether oxygens (including phenoxy) is 3. The molecule has 0 aliphatic carbocycles. The quantitative estimate of drug-likeness (QED) is 0.704. The second kappa shape index (κ2) is 4.62. The number of carbonyl (C=O) groups excluding carboxylic acids is 2. The molecule has 2 heterocycles. The van der Waals surface area contributed by atoms with Crippen molar-refractivity contribution < 1.29 is 23.8 Å². The summed E-state index contributed by atoms with van der Waals surface area (Å²) in [6.45, 7) is 3.45. The summed E-state index contributed by atoms with van der Waals surface area (Å²) in [4.78, 5) is 21.8. The molecule has 0 saturated carbocycles. The zero-order valence-electron chi connectivity index (χ0n) is 10.0. The Morgan fingerprint density at radius 3 is 2.88 bits per heavy atom. The third-order valence-corrected chi connectivity index (χ3v) is 3.04. The monoisotopic (exact) mass is 243 g/mol. The minimum atomic E-state index is -0.523. The summed E-state index contributed by atoms with van der Waals surface area (Å²) in [6, 6.07) is -0.111. The molecule has 0 aromatic heterocycles. The first kappa shape index (κ1) is 12.3. The van der Waals surface area contributed by atoms with E-state index < -0.39 is 11.9 Å². The highest BCUT2D eigenvalue weighted by atomic mass is 16.7. The standard InChI is InChI=1S/C11H17NO5/c1-7(13)12-9-3-4-11(5-15-8(2)14)6-16-10(9)17-11/h9-10H,3-6H2,1-2H3,(H,12,13)/t9-,10+,11+/m1/s1. The SMILES string of the molecule is CC(=O)N[C@@H]1CC[C@]2(COC(C)=O)CO[C@H]1O2. The average Bonchev–Trinajstić information content (AvgIpc) is 2.60. The van der Waals surface area contributed by atoms with Gasteiger partial charge in [-0.25, -0.2) is 0 Å². The van der Waals surface area contributed by atoms with Crippen LogP contribution in [0.2, 0.25) is 0 Å². The number of amides is 1. The summed E-state index contributed by atoms with van der Waals surface area (Å²) in [5, 5.41) is 2.79. The van der Waals surface area contributed by atoms with Crippen LogP contribution in [-0.2, 0) is 23.8 Å². The van der Waals surface area contributed by atoms with Gasteiger partial charge in [0.1, 0.15) is 12.2 Å². The predicted molar refractivity (Wildman–Crippen MR) is 57.0 cm³/mol. The minimum absolute atomic E-state index is 0.0958. The van der Waals surface area contributed by atoms with E-state index in [-0.39, 0.29) is 24.5 Å². The molecule has 1 amide bonds. The molecule has 6 heteroatoms.